The van der Waals surface area contributed by atoms with E-state index in [0.29, 0.717) is 17.3 Å². The molecule has 2 aliphatic heterocycles. The number of nitrogens with zero attached hydrogens (tertiary/aromatic N) is 2. The van der Waals surface area contributed by atoms with Crippen molar-refractivity contribution in [3.63, 3.8) is 0 Å². The molecule has 2 aliphatic rings. The molecule has 1 amide bonds. The maximum atomic E-state index is 12.9. The molecule has 0 aliphatic carbocycles. The van der Waals surface area contributed by atoms with Gasteiger partial charge in [0.2, 0.25) is 0 Å². The molecule has 0 bridgehead atoms. The predicted octanol–water partition coefficient (Wildman–Crippen LogP) is 1.49. The van der Waals surface area contributed by atoms with E-state index >= 15 is 0 Å². The number of amidine groups is 1. The minimum Gasteiger partial charge on any atom is -0.346 e. The lowest BCUT2D eigenvalue weighted by molar-refractivity contribution is -0.117. The topological polar surface area (TPSA) is 66.8 Å². The number of sulfone groups is 1. The molecule has 0 unspecified atom stereocenters. The molecule has 2 fully saturated rings. The molecule has 8 heteroatoms. The second kappa shape index (κ2) is 6.24. The van der Waals surface area contributed by atoms with E-state index in [0.717, 1.165) is 0 Å². The maximum Gasteiger partial charge on any atom is 0.252 e. The van der Waals surface area contributed by atoms with Crippen molar-refractivity contribution in [3.05, 3.63) is 35.6 Å². The first-order chi connectivity index (χ1) is 10.9. The molecule has 1 aromatic rings. The van der Waals surface area contributed by atoms with Crippen molar-refractivity contribution in [1.82, 2.24) is 4.90 Å². The van der Waals surface area contributed by atoms with Gasteiger partial charge in [-0.2, -0.15) is 4.99 Å². The van der Waals surface area contributed by atoms with Crippen LogP contribution in [0.3, 0.4) is 0 Å². The summed E-state index contributed by atoms with van der Waals surface area (Å²) in [6.45, 7) is 2.54. The van der Waals surface area contributed by atoms with Gasteiger partial charge in [0.05, 0.1) is 24.0 Å². The molecule has 0 N–H and O–H groups in total. The molecule has 2 saturated heterocycles. The molecule has 2 heterocycles. The minimum atomic E-state index is -2.99. The van der Waals surface area contributed by atoms with Gasteiger partial charge in [0.15, 0.2) is 15.0 Å². The molecule has 2 atom stereocenters. The molecular formula is C15H17FN2O3S2. The van der Waals surface area contributed by atoms with E-state index in [1.54, 1.807) is 12.1 Å². The largest absolute Gasteiger partial charge is 0.346 e. The molecule has 5 nitrogen and oxygen atoms in total. The molecule has 0 spiro atoms. The standard InChI is InChI=1S/C15H17FN2O3S2/c1-2-18-12-8-23(20,21)9-13(12)22-15(18)17-14(19)7-10-3-5-11(16)6-4-10/h3-6,12-13H,2,7-9H2,1H3/t12-,13-/m1/s1. The lowest BCUT2D eigenvalue weighted by Gasteiger charge is -2.22. The van der Waals surface area contributed by atoms with Crippen molar-refractivity contribution in [1.29, 1.82) is 0 Å². The lowest BCUT2D eigenvalue weighted by atomic mass is 10.1. The third-order valence-corrected chi connectivity index (χ3v) is 7.25. The summed E-state index contributed by atoms with van der Waals surface area (Å²) in [5, 5.41) is 0.557. The lowest BCUT2D eigenvalue weighted by Crippen LogP contribution is -2.37. The van der Waals surface area contributed by atoms with Gasteiger partial charge < -0.3 is 4.90 Å². The fourth-order valence-electron chi connectivity index (χ4n) is 2.93. The van der Waals surface area contributed by atoms with Gasteiger partial charge in [0.25, 0.3) is 5.91 Å². The van der Waals surface area contributed by atoms with E-state index in [9.17, 15) is 17.6 Å². The average Bonchev–Trinajstić information content (AvgIpc) is 2.92. The number of halogens is 1. The molecule has 0 aromatic heterocycles. The third kappa shape index (κ3) is 3.58. The summed E-state index contributed by atoms with van der Waals surface area (Å²) in [4.78, 5) is 18.2. The van der Waals surface area contributed by atoms with E-state index in [2.05, 4.69) is 4.99 Å². The zero-order valence-corrected chi connectivity index (χ0v) is 14.2. The van der Waals surface area contributed by atoms with Crippen LogP contribution < -0.4 is 0 Å². The Hall–Kier alpha value is -1.41. The summed E-state index contributed by atoms with van der Waals surface area (Å²) in [7, 11) is -2.99. The maximum absolute atomic E-state index is 12.9. The summed E-state index contributed by atoms with van der Waals surface area (Å²) in [6.07, 6.45) is 0.107. The zero-order valence-electron chi connectivity index (χ0n) is 12.6. The van der Waals surface area contributed by atoms with Gasteiger partial charge in [-0.3, -0.25) is 4.79 Å². The molecule has 1 aromatic carbocycles. The molecule has 0 saturated carbocycles. The van der Waals surface area contributed by atoms with Crippen molar-refractivity contribution in [2.75, 3.05) is 18.1 Å². The Morgan fingerprint density at radius 1 is 1.35 bits per heavy atom. The highest BCUT2D eigenvalue weighted by Gasteiger charge is 2.48. The number of carbonyl (C=O) groups is 1. The number of carbonyl (C=O) groups excluding carboxylic acids is 1. The number of rotatable bonds is 3. The van der Waals surface area contributed by atoms with Gasteiger partial charge in [0, 0.05) is 11.8 Å². The number of fused-ring (bicyclic) bond motifs is 1. The summed E-state index contributed by atoms with van der Waals surface area (Å²) < 4.78 is 36.3. The van der Waals surface area contributed by atoms with Gasteiger partial charge in [-0.05, 0) is 24.6 Å². The smallest absolute Gasteiger partial charge is 0.252 e. The number of amides is 1. The number of hydrogen-bond acceptors (Lipinski definition) is 4. The summed E-state index contributed by atoms with van der Waals surface area (Å²) >= 11 is 1.37. The Bertz CT molecular complexity index is 746. The van der Waals surface area contributed by atoms with Gasteiger partial charge in [0.1, 0.15) is 5.82 Å². The van der Waals surface area contributed by atoms with Gasteiger partial charge in [-0.25, -0.2) is 12.8 Å². The predicted molar refractivity (Wildman–Crippen MR) is 88.7 cm³/mol. The van der Waals surface area contributed by atoms with E-state index < -0.39 is 9.84 Å². The van der Waals surface area contributed by atoms with Crippen molar-refractivity contribution < 1.29 is 17.6 Å². The monoisotopic (exact) mass is 356 g/mol. The van der Waals surface area contributed by atoms with Crippen LogP contribution in [0.15, 0.2) is 29.3 Å². The fraction of sp³-hybridized carbons (Fsp3) is 0.467. The highest BCUT2D eigenvalue weighted by Crippen LogP contribution is 2.37. The Labute approximate surface area is 138 Å². The number of hydrogen-bond donors (Lipinski definition) is 0. The fourth-order valence-corrected chi connectivity index (χ4v) is 6.96. The second-order valence-corrected chi connectivity index (χ2v) is 9.04. The van der Waals surface area contributed by atoms with Crippen molar-refractivity contribution in [3.8, 4) is 0 Å². The van der Waals surface area contributed by atoms with Crippen LogP contribution in [0, 0.1) is 5.82 Å². The molecule has 124 valence electrons. The molecule has 0 radical (unpaired) electrons. The van der Waals surface area contributed by atoms with E-state index in [-0.39, 0.29) is 40.9 Å². The summed E-state index contributed by atoms with van der Waals surface area (Å²) in [6, 6.07) is 5.66. The van der Waals surface area contributed by atoms with Gasteiger partial charge in [-0.15, -0.1) is 0 Å². The van der Waals surface area contributed by atoms with Crippen LogP contribution in [0.4, 0.5) is 4.39 Å². The Morgan fingerprint density at radius 2 is 2.04 bits per heavy atom. The first kappa shape index (κ1) is 16.4. The van der Waals surface area contributed by atoms with Crippen molar-refractivity contribution >= 4 is 32.7 Å². The van der Waals surface area contributed by atoms with Gasteiger partial charge in [-0.1, -0.05) is 23.9 Å². The Kier molecular flexibility index (Phi) is 4.46. The average molecular weight is 356 g/mol. The molecular weight excluding hydrogens is 339 g/mol. The first-order valence-corrected chi connectivity index (χ1v) is 10.1. The number of thioether (sulfide) groups is 1. The molecule has 23 heavy (non-hydrogen) atoms. The van der Waals surface area contributed by atoms with E-state index in [4.69, 9.17) is 0 Å². The zero-order chi connectivity index (χ0) is 16.6. The van der Waals surface area contributed by atoms with Crippen LogP contribution in [0.5, 0.6) is 0 Å². The Morgan fingerprint density at radius 3 is 2.70 bits per heavy atom. The van der Waals surface area contributed by atoms with E-state index in [1.165, 1.54) is 23.9 Å². The summed E-state index contributed by atoms with van der Waals surface area (Å²) in [5.41, 5.74) is 0.703. The van der Waals surface area contributed by atoms with Crippen LogP contribution in [0.25, 0.3) is 0 Å². The van der Waals surface area contributed by atoms with Crippen LogP contribution in [-0.2, 0) is 21.1 Å². The first-order valence-electron chi connectivity index (χ1n) is 7.37. The number of benzene rings is 1. The highest BCUT2D eigenvalue weighted by atomic mass is 32.2. The third-order valence-electron chi connectivity index (χ3n) is 4.00. The van der Waals surface area contributed by atoms with Crippen LogP contribution >= 0.6 is 11.8 Å². The summed E-state index contributed by atoms with van der Waals surface area (Å²) in [5.74, 6) is -0.376. The normalized spacial score (nSPS) is 27.4. The van der Waals surface area contributed by atoms with Crippen LogP contribution in [0.1, 0.15) is 12.5 Å². The van der Waals surface area contributed by atoms with Crippen molar-refractivity contribution in [2.24, 2.45) is 4.99 Å². The highest BCUT2D eigenvalue weighted by molar-refractivity contribution is 8.15. The van der Waals surface area contributed by atoms with E-state index in [1.807, 2.05) is 11.8 Å². The molecule has 3 rings (SSSR count). The Balaban J connectivity index is 1.72. The SMILES string of the molecule is CCN1C(=NC(=O)Cc2ccc(F)cc2)S[C@@H]2CS(=O)(=O)C[C@H]21. The second-order valence-electron chi connectivity index (χ2n) is 5.68. The minimum absolute atomic E-state index is 0.0441. The van der Waals surface area contributed by atoms with Gasteiger partial charge >= 0.3 is 0 Å². The van der Waals surface area contributed by atoms with Crippen LogP contribution in [0.2, 0.25) is 0 Å². The van der Waals surface area contributed by atoms with Crippen LogP contribution in [-0.4, -0.2) is 53.7 Å². The quantitative estimate of drug-likeness (QED) is 0.821. The van der Waals surface area contributed by atoms with Crippen molar-refractivity contribution in [2.45, 2.75) is 24.6 Å². The number of aliphatic imine (C=N–C) groups is 1.